The van der Waals surface area contributed by atoms with Gasteiger partial charge in [0.25, 0.3) is 5.89 Å². The SMILES string of the molecule is [2H]c1nnc(-c2cn[nH]c2)o1. The Balaban J connectivity index is 2.45. The van der Waals surface area contributed by atoms with Crippen molar-refractivity contribution in [2.45, 2.75) is 0 Å². The van der Waals surface area contributed by atoms with Gasteiger partial charge >= 0.3 is 0 Å². The van der Waals surface area contributed by atoms with E-state index < -0.39 is 0 Å². The fourth-order valence-corrected chi connectivity index (χ4v) is 0.634. The quantitative estimate of drug-likeness (QED) is 0.620. The van der Waals surface area contributed by atoms with Crippen LogP contribution in [-0.4, -0.2) is 20.4 Å². The minimum Gasteiger partial charge on any atom is -0.423 e. The lowest BCUT2D eigenvalue weighted by Gasteiger charge is -1.79. The Hall–Kier alpha value is -1.65. The Bertz CT molecular complexity index is 341. The van der Waals surface area contributed by atoms with Crippen molar-refractivity contribution in [3.05, 3.63) is 18.8 Å². The lowest BCUT2D eigenvalue weighted by Crippen LogP contribution is -1.71. The molecule has 0 radical (unpaired) electrons. The maximum Gasteiger partial charge on any atom is 0.250 e. The third kappa shape index (κ3) is 0.680. The molecule has 0 atom stereocenters. The second-order valence-corrected chi connectivity index (χ2v) is 1.69. The van der Waals surface area contributed by atoms with Crippen molar-refractivity contribution in [2.75, 3.05) is 0 Å². The number of nitrogens with one attached hydrogen (secondary N) is 1. The zero-order valence-electron chi connectivity index (χ0n) is 5.90. The molecule has 0 aliphatic carbocycles. The van der Waals surface area contributed by atoms with Crippen molar-refractivity contribution in [1.29, 1.82) is 0 Å². The second-order valence-electron chi connectivity index (χ2n) is 1.69. The number of hydrogen-bond acceptors (Lipinski definition) is 4. The van der Waals surface area contributed by atoms with Gasteiger partial charge in [0, 0.05) is 6.20 Å². The molecule has 10 heavy (non-hydrogen) atoms. The molecule has 2 aromatic heterocycles. The van der Waals surface area contributed by atoms with Crippen LogP contribution in [0.2, 0.25) is 0 Å². The Morgan fingerprint density at radius 2 is 2.70 bits per heavy atom. The fourth-order valence-electron chi connectivity index (χ4n) is 0.634. The van der Waals surface area contributed by atoms with Crippen LogP contribution in [-0.2, 0) is 0 Å². The van der Waals surface area contributed by atoms with Gasteiger partial charge in [-0.2, -0.15) is 5.10 Å². The van der Waals surface area contributed by atoms with Gasteiger partial charge in [-0.15, -0.1) is 10.2 Å². The van der Waals surface area contributed by atoms with E-state index in [4.69, 9.17) is 5.79 Å². The minimum absolute atomic E-state index is 0.193. The van der Waals surface area contributed by atoms with E-state index in [9.17, 15) is 0 Å². The zero-order valence-corrected chi connectivity index (χ0v) is 4.90. The highest BCUT2D eigenvalue weighted by molar-refractivity contribution is 5.48. The lowest BCUT2D eigenvalue weighted by atomic mass is 10.4. The first kappa shape index (κ1) is 4.21. The van der Waals surface area contributed by atoms with Crippen molar-refractivity contribution in [2.24, 2.45) is 0 Å². The molecule has 5 heteroatoms. The highest BCUT2D eigenvalue weighted by Gasteiger charge is 2.01. The second kappa shape index (κ2) is 1.94. The predicted octanol–water partition coefficient (Wildman–Crippen LogP) is 0.460. The molecule has 0 aliphatic heterocycles. The van der Waals surface area contributed by atoms with Gasteiger partial charge in [0.15, 0.2) is 0 Å². The molecule has 0 fully saturated rings. The number of rotatable bonds is 1. The standard InChI is InChI=1S/C5H4N4O/c1-4(2-7-6-1)5-9-8-3-10-5/h1-3H,(H,6,7)/i3D. The molecule has 0 amide bonds. The van der Waals surface area contributed by atoms with E-state index in [2.05, 4.69) is 20.4 Å². The Morgan fingerprint density at radius 3 is 3.30 bits per heavy atom. The predicted molar refractivity (Wildman–Crippen MR) is 31.9 cm³/mol. The molecule has 0 aromatic carbocycles. The Morgan fingerprint density at radius 1 is 1.70 bits per heavy atom. The molecule has 0 saturated carbocycles. The van der Waals surface area contributed by atoms with E-state index in [0.29, 0.717) is 11.5 Å². The van der Waals surface area contributed by atoms with E-state index in [1.165, 1.54) is 0 Å². The van der Waals surface area contributed by atoms with Gasteiger partial charge < -0.3 is 4.42 Å². The van der Waals surface area contributed by atoms with Gasteiger partial charge in [0.1, 0.15) is 1.37 Å². The van der Waals surface area contributed by atoms with Crippen LogP contribution in [0, 0.1) is 0 Å². The maximum absolute atomic E-state index is 6.95. The lowest BCUT2D eigenvalue weighted by molar-refractivity contribution is 0.568. The van der Waals surface area contributed by atoms with Crippen molar-refractivity contribution in [3.8, 4) is 11.5 Å². The average molecular weight is 137 g/mol. The van der Waals surface area contributed by atoms with Gasteiger partial charge in [-0.1, -0.05) is 0 Å². The number of aromatic nitrogens is 4. The molecule has 2 heterocycles. The largest absolute Gasteiger partial charge is 0.423 e. The Kier molecular flexibility index (Phi) is 0.818. The molecule has 1 N–H and O–H groups in total. The number of aromatic amines is 1. The molecule has 2 rings (SSSR count). The summed E-state index contributed by atoms with van der Waals surface area (Å²) in [6.07, 6.45) is 2.97. The highest BCUT2D eigenvalue weighted by atomic mass is 16.4. The van der Waals surface area contributed by atoms with Gasteiger partial charge in [-0.25, -0.2) is 0 Å². The van der Waals surface area contributed by atoms with Gasteiger partial charge in [-0.3, -0.25) is 5.10 Å². The normalized spacial score (nSPS) is 11.4. The van der Waals surface area contributed by atoms with E-state index in [1.807, 2.05) is 0 Å². The molecular formula is C5H4N4O. The fraction of sp³-hybridized carbons (Fsp3) is 0. The molecule has 0 aliphatic rings. The van der Waals surface area contributed by atoms with Crippen molar-refractivity contribution in [3.63, 3.8) is 0 Å². The summed E-state index contributed by atoms with van der Waals surface area (Å²) in [5, 5.41) is 13.3. The number of hydrogen-bond donors (Lipinski definition) is 1. The van der Waals surface area contributed by atoms with Crippen LogP contribution in [0.15, 0.2) is 23.2 Å². The van der Waals surface area contributed by atoms with Crippen LogP contribution in [0.4, 0.5) is 0 Å². The molecule has 5 nitrogen and oxygen atoms in total. The van der Waals surface area contributed by atoms with E-state index in [1.54, 1.807) is 12.4 Å². The summed E-state index contributed by atoms with van der Waals surface area (Å²) in [5.41, 5.74) is 0.691. The van der Waals surface area contributed by atoms with Crippen LogP contribution < -0.4 is 0 Å². The number of H-pyrrole nitrogens is 1. The summed E-state index contributed by atoms with van der Waals surface area (Å²) in [6, 6.07) is 0. The third-order valence-electron chi connectivity index (χ3n) is 1.07. The monoisotopic (exact) mass is 137 g/mol. The van der Waals surface area contributed by atoms with E-state index in [0.717, 1.165) is 0 Å². The van der Waals surface area contributed by atoms with Crippen molar-refractivity contribution < 1.29 is 5.79 Å². The summed E-state index contributed by atoms with van der Waals surface area (Å²) in [6.45, 7) is 0. The molecule has 0 unspecified atom stereocenters. The summed E-state index contributed by atoms with van der Waals surface area (Å²) in [5.74, 6) is 0.309. The molecule has 0 saturated heterocycles. The summed E-state index contributed by atoms with van der Waals surface area (Å²) >= 11 is 0. The van der Waals surface area contributed by atoms with Crippen LogP contribution in [0.5, 0.6) is 0 Å². The minimum atomic E-state index is -0.193. The number of nitrogens with zero attached hydrogens (tertiary/aromatic N) is 3. The maximum atomic E-state index is 6.95. The first-order valence-electron chi connectivity index (χ1n) is 3.15. The van der Waals surface area contributed by atoms with E-state index in [-0.39, 0.29) is 6.37 Å². The molecule has 0 bridgehead atoms. The first-order valence-corrected chi connectivity index (χ1v) is 2.65. The molecular weight excluding hydrogens is 132 g/mol. The molecule has 0 spiro atoms. The highest BCUT2D eigenvalue weighted by Crippen LogP contribution is 2.11. The summed E-state index contributed by atoms with van der Waals surface area (Å²) in [7, 11) is 0. The smallest absolute Gasteiger partial charge is 0.250 e. The average Bonchev–Trinajstić information content (AvgIpc) is 2.55. The van der Waals surface area contributed by atoms with Gasteiger partial charge in [-0.05, 0) is 0 Å². The van der Waals surface area contributed by atoms with Crippen molar-refractivity contribution in [1.82, 2.24) is 20.4 Å². The third-order valence-corrected chi connectivity index (χ3v) is 1.07. The summed E-state index contributed by atoms with van der Waals surface area (Å²) < 4.78 is 11.8. The molecule has 50 valence electrons. The topological polar surface area (TPSA) is 67.6 Å². The van der Waals surface area contributed by atoms with Crippen molar-refractivity contribution >= 4 is 0 Å². The van der Waals surface area contributed by atoms with Crippen LogP contribution >= 0.6 is 0 Å². The summed E-state index contributed by atoms with van der Waals surface area (Å²) in [4.78, 5) is 0. The zero-order chi connectivity index (χ0) is 7.68. The van der Waals surface area contributed by atoms with Crippen LogP contribution in [0.3, 0.4) is 0 Å². The first-order chi connectivity index (χ1) is 5.36. The van der Waals surface area contributed by atoms with Gasteiger partial charge in [0.2, 0.25) is 6.37 Å². The van der Waals surface area contributed by atoms with Crippen LogP contribution in [0.25, 0.3) is 11.5 Å². The Labute approximate surface area is 57.5 Å². The van der Waals surface area contributed by atoms with E-state index >= 15 is 0 Å². The molecule has 2 aromatic rings. The van der Waals surface area contributed by atoms with Crippen LogP contribution in [0.1, 0.15) is 1.37 Å². The van der Waals surface area contributed by atoms with Gasteiger partial charge in [0.05, 0.1) is 11.8 Å².